The fourth-order valence-electron chi connectivity index (χ4n) is 2.68. The zero-order chi connectivity index (χ0) is 15.1. The van der Waals surface area contributed by atoms with E-state index in [9.17, 15) is 4.79 Å². The topological polar surface area (TPSA) is 46.5 Å². The molecule has 0 aliphatic rings. The maximum atomic E-state index is 11.3. The molecule has 0 spiro atoms. The molecule has 0 saturated carbocycles. The number of unbranched alkanes of at least 4 members (excludes halogenated alkanes) is 9. The summed E-state index contributed by atoms with van der Waals surface area (Å²) in [4.78, 5) is 15.2. The Balaban J connectivity index is 3.38. The van der Waals surface area contributed by atoms with Crippen molar-refractivity contribution in [2.75, 3.05) is 0 Å². The van der Waals surface area contributed by atoms with Gasteiger partial charge in [0, 0.05) is 0 Å². The van der Waals surface area contributed by atoms with E-state index < -0.39 is 5.97 Å². The predicted molar refractivity (Wildman–Crippen MR) is 83.6 cm³/mol. The molecule has 20 heavy (non-hydrogen) atoms. The number of carbonyl (C=O) groups excluding carboxylic acids is 1. The molecule has 3 heteroatoms. The highest BCUT2D eigenvalue weighted by Gasteiger charge is 2.18. The molecule has 0 heterocycles. The lowest BCUT2D eigenvalue weighted by atomic mass is 9.96. The molecule has 0 aromatic heterocycles. The molecule has 0 aliphatic heterocycles. The minimum atomic E-state index is -0.456. The summed E-state index contributed by atoms with van der Waals surface area (Å²) in [5, 5.41) is 8.44. The van der Waals surface area contributed by atoms with Crippen molar-refractivity contribution >= 4 is 5.97 Å². The molecule has 0 rings (SSSR count). The highest BCUT2D eigenvalue weighted by atomic mass is 17.1. The number of carbonyl (C=O) groups is 1. The third-order valence-electron chi connectivity index (χ3n) is 3.97. The molecule has 0 aliphatic carbocycles. The van der Waals surface area contributed by atoms with E-state index in [2.05, 4.69) is 18.7 Å². The van der Waals surface area contributed by atoms with E-state index in [1.54, 1.807) is 0 Å². The lowest BCUT2D eigenvalue weighted by Gasteiger charge is -2.11. The van der Waals surface area contributed by atoms with E-state index in [4.69, 9.17) is 5.26 Å². The zero-order valence-corrected chi connectivity index (χ0v) is 13.5. The maximum absolute atomic E-state index is 11.3. The largest absolute Gasteiger partial charge is 0.345 e. The van der Waals surface area contributed by atoms with E-state index in [-0.39, 0.29) is 5.92 Å². The average molecular weight is 286 g/mol. The molecule has 0 radical (unpaired) electrons. The second kappa shape index (κ2) is 14.8. The van der Waals surface area contributed by atoms with Crippen LogP contribution in [0.4, 0.5) is 0 Å². The monoisotopic (exact) mass is 286 g/mol. The molecule has 0 bridgehead atoms. The van der Waals surface area contributed by atoms with Gasteiger partial charge in [0.15, 0.2) is 0 Å². The van der Waals surface area contributed by atoms with Crippen molar-refractivity contribution in [1.29, 1.82) is 0 Å². The molecule has 0 aromatic carbocycles. The zero-order valence-electron chi connectivity index (χ0n) is 13.5. The van der Waals surface area contributed by atoms with Crippen LogP contribution in [-0.4, -0.2) is 11.2 Å². The van der Waals surface area contributed by atoms with Crippen LogP contribution < -0.4 is 0 Å². The van der Waals surface area contributed by atoms with Crippen LogP contribution in [0.25, 0.3) is 0 Å². The van der Waals surface area contributed by atoms with Gasteiger partial charge in [0.1, 0.15) is 0 Å². The summed E-state index contributed by atoms with van der Waals surface area (Å²) in [5.41, 5.74) is 0. The summed E-state index contributed by atoms with van der Waals surface area (Å²) in [7, 11) is 0. The van der Waals surface area contributed by atoms with Gasteiger partial charge in [-0.15, -0.1) is 0 Å². The Labute approximate surface area is 125 Å². The summed E-state index contributed by atoms with van der Waals surface area (Å²) in [6.07, 6.45) is 15.6. The molecule has 0 aromatic rings. The van der Waals surface area contributed by atoms with E-state index in [0.29, 0.717) is 0 Å². The quantitative estimate of drug-likeness (QED) is 0.252. The summed E-state index contributed by atoms with van der Waals surface area (Å²) >= 11 is 0. The van der Waals surface area contributed by atoms with Gasteiger partial charge in [-0.2, -0.15) is 5.26 Å². The Morgan fingerprint density at radius 2 is 1.30 bits per heavy atom. The number of hydrogen-bond donors (Lipinski definition) is 1. The van der Waals surface area contributed by atoms with Gasteiger partial charge in [-0.3, -0.25) is 0 Å². The maximum Gasteiger partial charge on any atom is 0.345 e. The summed E-state index contributed by atoms with van der Waals surface area (Å²) < 4.78 is 0. The first-order valence-corrected chi connectivity index (χ1v) is 8.61. The van der Waals surface area contributed by atoms with Gasteiger partial charge in [0.05, 0.1) is 5.92 Å². The van der Waals surface area contributed by atoms with Crippen LogP contribution in [0.1, 0.15) is 97.3 Å². The van der Waals surface area contributed by atoms with Gasteiger partial charge in [-0.1, -0.05) is 84.5 Å². The van der Waals surface area contributed by atoms with Crippen molar-refractivity contribution in [3.63, 3.8) is 0 Å². The second-order valence-electron chi connectivity index (χ2n) is 5.87. The van der Waals surface area contributed by atoms with Crippen LogP contribution in [0.3, 0.4) is 0 Å². The fraction of sp³-hybridized carbons (Fsp3) is 0.941. The first-order valence-electron chi connectivity index (χ1n) is 8.61. The van der Waals surface area contributed by atoms with Crippen molar-refractivity contribution in [3.8, 4) is 0 Å². The molecule has 0 amide bonds. The molecule has 0 saturated heterocycles. The van der Waals surface area contributed by atoms with Gasteiger partial charge in [-0.25, -0.2) is 4.79 Å². The molecular formula is C17H34O3. The summed E-state index contributed by atoms with van der Waals surface area (Å²) in [5.74, 6) is -0.568. The minimum absolute atomic E-state index is 0.112. The van der Waals surface area contributed by atoms with E-state index in [0.717, 1.165) is 25.7 Å². The first kappa shape index (κ1) is 19.4. The van der Waals surface area contributed by atoms with Crippen LogP contribution in [0, 0.1) is 5.92 Å². The lowest BCUT2D eigenvalue weighted by molar-refractivity contribution is -0.239. The van der Waals surface area contributed by atoms with Gasteiger partial charge in [0.25, 0.3) is 0 Å². The Kier molecular flexibility index (Phi) is 14.4. The average Bonchev–Trinajstić information content (AvgIpc) is 2.47. The third-order valence-corrected chi connectivity index (χ3v) is 3.97. The highest BCUT2D eigenvalue weighted by Crippen LogP contribution is 2.18. The van der Waals surface area contributed by atoms with Gasteiger partial charge in [-0.05, 0) is 12.8 Å². The molecule has 1 N–H and O–H groups in total. The normalized spacial score (nSPS) is 12.3. The third kappa shape index (κ3) is 11.3. The minimum Gasteiger partial charge on any atom is -0.301 e. The van der Waals surface area contributed by atoms with Gasteiger partial charge >= 0.3 is 5.97 Å². The Morgan fingerprint density at radius 3 is 1.75 bits per heavy atom. The number of rotatable bonds is 14. The predicted octanol–water partition coefficient (Wildman–Crippen LogP) is 5.73. The molecule has 0 fully saturated rings. The van der Waals surface area contributed by atoms with Crippen molar-refractivity contribution in [1.82, 2.24) is 0 Å². The fourth-order valence-corrected chi connectivity index (χ4v) is 2.68. The number of hydrogen-bond acceptors (Lipinski definition) is 3. The van der Waals surface area contributed by atoms with Crippen LogP contribution in [0.15, 0.2) is 0 Å². The standard InChI is InChI=1S/C17H34O3/c1-3-5-6-7-8-9-10-11-12-13-15-16(14-4-2)17(18)20-19/h16,19H,3-15H2,1-2H3. The first-order chi connectivity index (χ1) is 9.76. The van der Waals surface area contributed by atoms with Crippen molar-refractivity contribution < 1.29 is 14.9 Å². The van der Waals surface area contributed by atoms with E-state index >= 15 is 0 Å². The van der Waals surface area contributed by atoms with Gasteiger partial charge in [0.2, 0.25) is 0 Å². The van der Waals surface area contributed by atoms with E-state index in [1.807, 2.05) is 0 Å². The smallest absolute Gasteiger partial charge is 0.301 e. The SMILES string of the molecule is CCCCCCCCCCCCC(CCC)C(=O)OO. The summed E-state index contributed by atoms with van der Waals surface area (Å²) in [6, 6.07) is 0. The molecule has 1 atom stereocenters. The summed E-state index contributed by atoms with van der Waals surface area (Å²) in [6.45, 7) is 4.30. The Morgan fingerprint density at radius 1 is 0.800 bits per heavy atom. The van der Waals surface area contributed by atoms with Crippen molar-refractivity contribution in [2.24, 2.45) is 5.92 Å². The van der Waals surface area contributed by atoms with Crippen molar-refractivity contribution in [3.05, 3.63) is 0 Å². The molecule has 120 valence electrons. The second-order valence-corrected chi connectivity index (χ2v) is 5.87. The van der Waals surface area contributed by atoms with Gasteiger partial charge < -0.3 is 4.89 Å². The lowest BCUT2D eigenvalue weighted by Crippen LogP contribution is -2.16. The molecule has 3 nitrogen and oxygen atoms in total. The molecule has 1 unspecified atom stereocenters. The van der Waals surface area contributed by atoms with Crippen LogP contribution in [0.2, 0.25) is 0 Å². The Hall–Kier alpha value is -0.570. The highest BCUT2D eigenvalue weighted by molar-refractivity contribution is 5.71. The van der Waals surface area contributed by atoms with Crippen LogP contribution in [0.5, 0.6) is 0 Å². The van der Waals surface area contributed by atoms with Crippen LogP contribution >= 0.6 is 0 Å². The van der Waals surface area contributed by atoms with E-state index in [1.165, 1.54) is 57.8 Å². The Bertz CT molecular complexity index is 216. The molecular weight excluding hydrogens is 252 g/mol. The van der Waals surface area contributed by atoms with Crippen molar-refractivity contribution in [2.45, 2.75) is 97.3 Å². The van der Waals surface area contributed by atoms with Crippen LogP contribution in [-0.2, 0) is 9.68 Å².